The Bertz CT molecular complexity index is 361. The molecule has 0 bridgehead atoms. The monoisotopic (exact) mass is 250 g/mol. The van der Waals surface area contributed by atoms with E-state index >= 15 is 0 Å². The van der Waals surface area contributed by atoms with Gasteiger partial charge in [0.05, 0.1) is 12.7 Å². The predicted molar refractivity (Wildman–Crippen MR) is 56.4 cm³/mol. The van der Waals surface area contributed by atoms with E-state index in [4.69, 9.17) is 4.74 Å². The highest BCUT2D eigenvalue weighted by Crippen LogP contribution is 2.27. The maximum absolute atomic E-state index is 11.8. The smallest absolute Gasteiger partial charge is 0.496 e. The van der Waals surface area contributed by atoms with Crippen LogP contribution < -0.4 is 9.47 Å². The van der Waals surface area contributed by atoms with E-state index in [1.54, 1.807) is 0 Å². The van der Waals surface area contributed by atoms with Gasteiger partial charge in [-0.25, -0.2) is 0 Å². The molecule has 1 rings (SSSR count). The summed E-state index contributed by atoms with van der Waals surface area (Å²) >= 11 is 0. The Hall–Kier alpha value is -1.72. The molecule has 17 heavy (non-hydrogen) atoms. The third-order valence-corrected chi connectivity index (χ3v) is 1.56. The second kappa shape index (κ2) is 6.78. The maximum atomic E-state index is 11.8. The molecule has 0 fully saturated rings. The van der Waals surface area contributed by atoms with Crippen LogP contribution in [0.4, 0.5) is 13.2 Å². The summed E-state index contributed by atoms with van der Waals surface area (Å²) in [5, 5.41) is 0. The van der Waals surface area contributed by atoms with Crippen molar-refractivity contribution in [1.29, 1.82) is 0 Å². The number of ether oxygens (including phenoxy) is 2. The summed E-state index contributed by atoms with van der Waals surface area (Å²) in [5.74, 6) is -0.259. The van der Waals surface area contributed by atoms with Gasteiger partial charge in [-0.05, 0) is 18.2 Å². The van der Waals surface area contributed by atoms with E-state index in [0.29, 0.717) is 6.29 Å². The van der Waals surface area contributed by atoms with Gasteiger partial charge in [-0.1, -0.05) is 13.8 Å². The van der Waals surface area contributed by atoms with Crippen LogP contribution in [0, 0.1) is 0 Å². The third kappa shape index (κ3) is 5.24. The van der Waals surface area contributed by atoms with Crippen LogP contribution >= 0.6 is 0 Å². The molecule has 0 aliphatic heterocycles. The molecule has 0 aliphatic rings. The average Bonchev–Trinajstić information content (AvgIpc) is 2.29. The van der Waals surface area contributed by atoms with E-state index in [-0.39, 0.29) is 11.3 Å². The number of hydrogen-bond donors (Lipinski definition) is 0. The van der Waals surface area contributed by atoms with Gasteiger partial charge in [-0.2, -0.15) is 0 Å². The Labute approximate surface area is 97.1 Å². The van der Waals surface area contributed by atoms with Crippen molar-refractivity contribution in [3.05, 3.63) is 23.8 Å². The lowest BCUT2D eigenvalue weighted by molar-refractivity contribution is -0.274. The average molecular weight is 250 g/mol. The fraction of sp³-hybridized carbons (Fsp3) is 0.364. The summed E-state index contributed by atoms with van der Waals surface area (Å²) in [6.45, 7) is 4.00. The molecule has 3 nitrogen and oxygen atoms in total. The molecule has 1 aromatic carbocycles. The summed E-state index contributed by atoms with van der Waals surface area (Å²) in [7, 11) is 1.31. The van der Waals surface area contributed by atoms with Gasteiger partial charge in [-0.3, -0.25) is 4.79 Å². The summed E-state index contributed by atoms with van der Waals surface area (Å²) in [4.78, 5) is 10.5. The van der Waals surface area contributed by atoms with Gasteiger partial charge >= 0.3 is 6.36 Å². The molecule has 0 spiro atoms. The standard InChI is InChI=1S/C9H7F3O3.C2H6/c1-14-8-3-2-7(4-6(8)5-13)15-9(10,11)12;1-2/h2-5H,1H3;1-2H3. The number of halogens is 3. The zero-order chi connectivity index (χ0) is 13.5. The minimum Gasteiger partial charge on any atom is -0.496 e. The topological polar surface area (TPSA) is 35.5 Å². The van der Waals surface area contributed by atoms with Gasteiger partial charge in [0.2, 0.25) is 0 Å². The van der Waals surface area contributed by atoms with E-state index in [0.717, 1.165) is 12.1 Å². The molecule has 1 aromatic rings. The Morgan fingerprint density at radius 2 is 1.82 bits per heavy atom. The Morgan fingerprint density at radius 3 is 2.24 bits per heavy atom. The highest BCUT2D eigenvalue weighted by Gasteiger charge is 2.31. The molecule has 0 radical (unpaired) electrons. The molecule has 0 N–H and O–H groups in total. The normalized spacial score (nSPS) is 10.0. The number of rotatable bonds is 3. The van der Waals surface area contributed by atoms with E-state index in [9.17, 15) is 18.0 Å². The Balaban J connectivity index is 0.00000121. The number of aldehydes is 1. The summed E-state index contributed by atoms with van der Waals surface area (Å²) in [6, 6.07) is 3.25. The number of carbonyl (C=O) groups is 1. The summed E-state index contributed by atoms with van der Waals surface area (Å²) < 4.78 is 43.8. The molecule has 0 heterocycles. The minimum atomic E-state index is -4.77. The molecule has 0 unspecified atom stereocenters. The fourth-order valence-electron chi connectivity index (χ4n) is 1.00. The molecule has 0 saturated heterocycles. The van der Waals surface area contributed by atoms with Crippen molar-refractivity contribution in [3.63, 3.8) is 0 Å². The zero-order valence-corrected chi connectivity index (χ0v) is 9.67. The molecule has 0 saturated carbocycles. The van der Waals surface area contributed by atoms with E-state index < -0.39 is 12.1 Å². The van der Waals surface area contributed by atoms with Gasteiger partial charge in [-0.15, -0.1) is 13.2 Å². The SMILES string of the molecule is CC.COc1ccc(OC(F)(F)F)cc1C=O. The van der Waals surface area contributed by atoms with Crippen LogP contribution in [-0.4, -0.2) is 19.8 Å². The van der Waals surface area contributed by atoms with Crippen molar-refractivity contribution >= 4 is 6.29 Å². The van der Waals surface area contributed by atoms with Crippen molar-refractivity contribution in [3.8, 4) is 11.5 Å². The molecule has 96 valence electrons. The highest BCUT2D eigenvalue weighted by atomic mass is 19.4. The molecule has 6 heteroatoms. The minimum absolute atomic E-state index is 0.000694. The lowest BCUT2D eigenvalue weighted by Gasteiger charge is -2.10. The predicted octanol–water partition coefficient (Wildman–Crippen LogP) is 3.43. The highest BCUT2D eigenvalue weighted by molar-refractivity contribution is 5.80. The van der Waals surface area contributed by atoms with Gasteiger partial charge in [0.25, 0.3) is 0 Å². The van der Waals surface area contributed by atoms with Gasteiger partial charge in [0.15, 0.2) is 6.29 Å². The van der Waals surface area contributed by atoms with Gasteiger partial charge < -0.3 is 9.47 Å². The second-order valence-corrected chi connectivity index (χ2v) is 2.57. The van der Waals surface area contributed by atoms with Gasteiger partial charge in [0.1, 0.15) is 11.5 Å². The fourth-order valence-corrected chi connectivity index (χ4v) is 1.00. The van der Waals surface area contributed by atoms with Crippen LogP contribution in [0.3, 0.4) is 0 Å². The first kappa shape index (κ1) is 15.3. The van der Waals surface area contributed by atoms with E-state index in [2.05, 4.69) is 4.74 Å². The molecule has 0 amide bonds. The first-order valence-corrected chi connectivity index (χ1v) is 4.85. The molecule has 0 atom stereocenters. The third-order valence-electron chi connectivity index (χ3n) is 1.56. The van der Waals surface area contributed by atoms with Crippen molar-refractivity contribution < 1.29 is 27.4 Å². The second-order valence-electron chi connectivity index (χ2n) is 2.57. The largest absolute Gasteiger partial charge is 0.573 e. The lowest BCUT2D eigenvalue weighted by Crippen LogP contribution is -2.17. The number of hydrogen-bond acceptors (Lipinski definition) is 3. The van der Waals surface area contributed by atoms with E-state index in [1.807, 2.05) is 13.8 Å². The summed E-state index contributed by atoms with van der Waals surface area (Å²) in [6.07, 6.45) is -4.38. The maximum Gasteiger partial charge on any atom is 0.573 e. The summed E-state index contributed by atoms with van der Waals surface area (Å²) in [5.41, 5.74) is -0.000694. The van der Waals surface area contributed by atoms with Crippen LogP contribution in [0.15, 0.2) is 18.2 Å². The van der Waals surface area contributed by atoms with E-state index in [1.165, 1.54) is 13.2 Å². The van der Waals surface area contributed by atoms with Gasteiger partial charge in [0, 0.05) is 0 Å². The van der Waals surface area contributed by atoms with Crippen molar-refractivity contribution in [1.82, 2.24) is 0 Å². The van der Waals surface area contributed by atoms with Crippen LogP contribution in [0.5, 0.6) is 11.5 Å². The number of carbonyl (C=O) groups excluding carboxylic acids is 1. The van der Waals surface area contributed by atoms with Crippen LogP contribution in [0.25, 0.3) is 0 Å². The molecular weight excluding hydrogens is 237 g/mol. The molecule has 0 aliphatic carbocycles. The Morgan fingerprint density at radius 1 is 1.24 bits per heavy atom. The number of methoxy groups -OCH3 is 1. The first-order valence-electron chi connectivity index (χ1n) is 4.85. The van der Waals surface area contributed by atoms with Crippen molar-refractivity contribution in [2.24, 2.45) is 0 Å². The number of alkyl halides is 3. The van der Waals surface area contributed by atoms with Crippen LogP contribution in [0.1, 0.15) is 24.2 Å². The quantitative estimate of drug-likeness (QED) is 0.771. The molecular formula is C11H13F3O3. The van der Waals surface area contributed by atoms with Crippen molar-refractivity contribution in [2.45, 2.75) is 20.2 Å². The zero-order valence-electron chi connectivity index (χ0n) is 9.67. The Kier molecular flexibility index (Phi) is 6.09. The molecule has 0 aromatic heterocycles. The lowest BCUT2D eigenvalue weighted by atomic mass is 10.2. The van der Waals surface area contributed by atoms with Crippen LogP contribution in [-0.2, 0) is 0 Å². The number of benzene rings is 1. The first-order chi connectivity index (χ1) is 7.96. The van der Waals surface area contributed by atoms with Crippen LogP contribution in [0.2, 0.25) is 0 Å². The van der Waals surface area contributed by atoms with Crippen molar-refractivity contribution in [2.75, 3.05) is 7.11 Å².